The summed E-state index contributed by atoms with van der Waals surface area (Å²) in [4.78, 5) is 62.8. The highest BCUT2D eigenvalue weighted by molar-refractivity contribution is 7.80. The van der Waals surface area contributed by atoms with Gasteiger partial charge in [-0.2, -0.15) is 17.9 Å². The number of aryl methyl sites for hydroxylation is 1. The van der Waals surface area contributed by atoms with E-state index < -0.39 is 51.1 Å². The van der Waals surface area contributed by atoms with E-state index in [-0.39, 0.29) is 41.8 Å². The van der Waals surface area contributed by atoms with Crippen LogP contribution >= 0.6 is 11.3 Å². The summed E-state index contributed by atoms with van der Waals surface area (Å²) in [5.74, 6) is -1.24. The second kappa shape index (κ2) is 16.4. The number of pyridine rings is 1. The van der Waals surface area contributed by atoms with E-state index in [0.717, 1.165) is 35.5 Å². The lowest BCUT2D eigenvalue weighted by molar-refractivity contribution is -0.511. The van der Waals surface area contributed by atoms with Gasteiger partial charge in [-0.05, 0) is 74.3 Å². The van der Waals surface area contributed by atoms with E-state index in [9.17, 15) is 27.6 Å². The maximum absolute atomic E-state index is 13.5. The van der Waals surface area contributed by atoms with Gasteiger partial charge in [0.05, 0.1) is 12.6 Å². The zero-order valence-corrected chi connectivity index (χ0v) is 34.9. The van der Waals surface area contributed by atoms with Crippen molar-refractivity contribution < 1.29 is 59.9 Å². The number of oxime groups is 1. The Kier molecular flexibility index (Phi) is 12.4. The third-order valence-electron chi connectivity index (χ3n) is 8.71. The van der Waals surface area contributed by atoms with Gasteiger partial charge in [0, 0.05) is 30.5 Å². The molecule has 3 N–H and O–H groups in total. The lowest BCUT2D eigenvalue weighted by Crippen LogP contribution is -2.76. The number of piperidine rings is 1. The first-order valence-corrected chi connectivity index (χ1v) is 20.3. The Morgan fingerprint density at radius 3 is 2.44 bits per heavy atom. The third-order valence-corrected chi connectivity index (χ3v) is 9.81. The number of likely N-dealkylation sites (tertiary alicyclic amines) is 1. The molecule has 2 unspecified atom stereocenters. The summed E-state index contributed by atoms with van der Waals surface area (Å²) in [5.41, 5.74) is -1.18. The normalized spacial score (nSPS) is 18.8. The van der Waals surface area contributed by atoms with Crippen molar-refractivity contribution in [3.63, 3.8) is 0 Å². The number of rotatable bonds is 12. The molecule has 5 heterocycles. The van der Waals surface area contributed by atoms with Crippen molar-refractivity contribution in [2.45, 2.75) is 96.9 Å². The Bertz CT molecular complexity index is 2150. The average Bonchev–Trinajstić information content (AvgIpc) is 3.68. The molecule has 0 spiro atoms. The van der Waals surface area contributed by atoms with Gasteiger partial charge in [0.1, 0.15) is 47.6 Å². The molecule has 20 nitrogen and oxygen atoms in total. The van der Waals surface area contributed by atoms with Crippen molar-refractivity contribution >= 4 is 62.2 Å². The number of ether oxygens (including phenoxy) is 3. The smallest absolute Gasteiger partial charge is 0.418 e. The molecule has 22 heteroatoms. The second-order valence-corrected chi connectivity index (χ2v) is 17.9. The van der Waals surface area contributed by atoms with Gasteiger partial charge >= 0.3 is 22.6 Å². The van der Waals surface area contributed by atoms with Gasteiger partial charge in [-0.15, -0.1) is 15.6 Å². The van der Waals surface area contributed by atoms with E-state index in [0.29, 0.717) is 23.9 Å². The Hall–Kier alpha value is -5.06. The maximum Gasteiger partial charge on any atom is 0.418 e. The van der Waals surface area contributed by atoms with Crippen LogP contribution in [-0.4, -0.2) is 111 Å². The molecule has 2 aliphatic rings. The van der Waals surface area contributed by atoms with E-state index >= 15 is 0 Å². The number of hydrogen-bond acceptors (Lipinski definition) is 14. The fraction of sp³-hybridized carbons (Fsp3) is 0.571. The van der Waals surface area contributed by atoms with Crippen LogP contribution < -0.4 is 19.8 Å². The minimum Gasteiger partial charge on any atom is -0.486 e. The number of imidazole rings is 1. The Labute approximate surface area is 333 Å². The minimum absolute atomic E-state index is 0.0101. The number of β-lactam (4-membered cyclic amide) rings is 1. The number of hydrogen-bond donors (Lipinski definition) is 3. The molecule has 2 aliphatic heterocycles. The quantitative estimate of drug-likeness (QED) is 0.0594. The third kappa shape index (κ3) is 10.9. The largest absolute Gasteiger partial charge is 0.486 e. The number of aromatic nitrogens is 3. The van der Waals surface area contributed by atoms with E-state index in [1.807, 2.05) is 50.7 Å². The van der Waals surface area contributed by atoms with E-state index in [1.165, 1.54) is 19.2 Å². The van der Waals surface area contributed by atoms with Crippen molar-refractivity contribution in [3.05, 3.63) is 41.3 Å². The fourth-order valence-corrected chi connectivity index (χ4v) is 7.31. The van der Waals surface area contributed by atoms with Gasteiger partial charge in [-0.1, -0.05) is 5.16 Å². The topological polar surface area (TPSA) is 234 Å². The number of amides is 4. The van der Waals surface area contributed by atoms with Gasteiger partial charge < -0.3 is 29.3 Å². The molecule has 2 fully saturated rings. The second-order valence-electron chi connectivity index (χ2n) is 16.0. The van der Waals surface area contributed by atoms with Crippen molar-refractivity contribution in [3.8, 4) is 5.75 Å². The van der Waals surface area contributed by atoms with E-state index in [2.05, 4.69) is 29.6 Å². The highest BCUT2D eigenvalue weighted by atomic mass is 32.3. The summed E-state index contributed by atoms with van der Waals surface area (Å²) in [6.07, 6.45) is 4.50. The zero-order valence-electron chi connectivity index (χ0n) is 33.2. The molecule has 0 aliphatic carbocycles. The number of nitrogens with one attached hydrogen (secondary N) is 2. The highest BCUT2D eigenvalue weighted by Gasteiger charge is 2.58. The van der Waals surface area contributed by atoms with Crippen LogP contribution in [0, 0.1) is 0 Å². The first-order chi connectivity index (χ1) is 26.4. The van der Waals surface area contributed by atoms with Gasteiger partial charge in [0.15, 0.2) is 23.2 Å². The van der Waals surface area contributed by atoms with Crippen LogP contribution in [0.2, 0.25) is 0 Å². The Morgan fingerprint density at radius 2 is 1.79 bits per heavy atom. The number of anilines is 1. The van der Waals surface area contributed by atoms with Crippen molar-refractivity contribution in [2.24, 2.45) is 12.2 Å². The van der Waals surface area contributed by atoms with Gasteiger partial charge in [-0.3, -0.25) is 19.5 Å². The summed E-state index contributed by atoms with van der Waals surface area (Å²) in [7, 11) is -3.04. The monoisotopic (exact) mass is 837 g/mol. The van der Waals surface area contributed by atoms with Crippen LogP contribution in [0.25, 0.3) is 5.65 Å². The lowest BCUT2D eigenvalue weighted by atomic mass is 9.84. The summed E-state index contributed by atoms with van der Waals surface area (Å²) in [6, 6.07) is 2.42. The minimum atomic E-state index is -5.02. The molecule has 3 aromatic rings. The molecule has 0 aromatic carbocycles. The standard InChI is InChI=1S/C35H48N8O12S2/c1-33(2,3)53-31(46)38-30-36-23(20-56-30)26(28(44)37-27-29(45)43(35(27,7)8)55-57(48,49)50)39-52-16-15-51-22-12-13-25-40(9)24(19-42(25)18-22)21-11-10-14-41(17-21)32(47)54-34(4,5)6/h12-13,18-21,27H,10-11,14-17H2,1-9H3,(H2-,36,37,38,44,46,48,49,50)/p+1/b39-26-. The Balaban J connectivity index is 1.25. The molecule has 0 bridgehead atoms. The summed E-state index contributed by atoms with van der Waals surface area (Å²) in [6.45, 7) is 14.5. The van der Waals surface area contributed by atoms with Gasteiger partial charge in [-0.25, -0.2) is 19.1 Å². The van der Waals surface area contributed by atoms with E-state index in [4.69, 9.17) is 23.6 Å². The zero-order chi connectivity index (χ0) is 42.1. The van der Waals surface area contributed by atoms with Crippen LogP contribution in [0.15, 0.2) is 35.1 Å². The number of hydroxylamine groups is 2. The summed E-state index contributed by atoms with van der Waals surface area (Å²) in [5, 5.41) is 10.9. The molecule has 5 rings (SSSR count). The Morgan fingerprint density at radius 1 is 1.09 bits per heavy atom. The predicted octanol–water partition coefficient (Wildman–Crippen LogP) is 3.32. The maximum atomic E-state index is 13.5. The average molecular weight is 838 g/mol. The van der Waals surface area contributed by atoms with Crippen LogP contribution in [0.5, 0.6) is 5.75 Å². The first kappa shape index (κ1) is 43.1. The molecule has 312 valence electrons. The molecular weight excluding hydrogens is 789 g/mol. The number of carbonyl (C=O) groups excluding carboxylic acids is 4. The summed E-state index contributed by atoms with van der Waals surface area (Å²) < 4.78 is 56.7. The van der Waals surface area contributed by atoms with E-state index in [1.54, 1.807) is 31.7 Å². The van der Waals surface area contributed by atoms with Crippen LogP contribution in [0.1, 0.15) is 85.5 Å². The fourth-order valence-electron chi connectivity index (χ4n) is 6.18. The molecule has 0 radical (unpaired) electrons. The van der Waals surface area contributed by atoms with Gasteiger partial charge in [0.2, 0.25) is 0 Å². The molecule has 4 amide bonds. The molecular formula is C35H49N8O12S2+. The molecule has 57 heavy (non-hydrogen) atoms. The molecule has 0 saturated carbocycles. The lowest BCUT2D eigenvalue weighted by Gasteiger charge is -2.50. The number of fused-ring (bicyclic) bond motifs is 1. The molecule has 2 saturated heterocycles. The van der Waals surface area contributed by atoms with Crippen LogP contribution in [0.3, 0.4) is 0 Å². The van der Waals surface area contributed by atoms with Gasteiger partial charge in [0.25, 0.3) is 17.5 Å². The van der Waals surface area contributed by atoms with Crippen molar-refractivity contribution in [1.29, 1.82) is 0 Å². The number of nitrogens with zero attached hydrogens (tertiary/aromatic N) is 6. The molecule has 2 atom stereocenters. The van der Waals surface area contributed by atoms with Crippen molar-refractivity contribution in [1.82, 2.24) is 24.8 Å². The summed E-state index contributed by atoms with van der Waals surface area (Å²) >= 11 is 0.971. The number of carbonyl (C=O) groups is 4. The highest BCUT2D eigenvalue weighted by Crippen LogP contribution is 2.33. The van der Waals surface area contributed by atoms with Crippen molar-refractivity contribution in [2.75, 3.05) is 31.6 Å². The SMILES string of the molecule is Cn1c(C2CCCN(C(=O)OC(C)(C)C)C2)c[n+]2cc(OCCO/N=C(\C(=O)NC3C(=O)N(OS(=O)(=O)O)C3(C)C)c3csc(NC(=O)OC(C)(C)C)n3)ccc12. The molecule has 3 aromatic heterocycles. The first-order valence-electron chi connectivity index (χ1n) is 18.0. The van der Waals surface area contributed by atoms with Crippen LogP contribution in [0.4, 0.5) is 14.7 Å². The van der Waals surface area contributed by atoms with Crippen LogP contribution in [-0.2, 0) is 45.6 Å². The number of thiazole rings is 1. The predicted molar refractivity (Wildman–Crippen MR) is 204 cm³/mol.